The minimum absolute atomic E-state index is 0.223. The average molecular weight is 460 g/mol. The average Bonchev–Trinajstić information content (AvgIpc) is 3.47. The van der Waals surface area contributed by atoms with Crippen molar-refractivity contribution in [3.63, 3.8) is 0 Å². The largest absolute Gasteiger partial charge is 0.395 e. The second-order valence-corrected chi connectivity index (χ2v) is 9.51. The number of hydrogen-bond donors (Lipinski definition) is 2. The molecule has 5 rings (SSSR count). The first-order valence-electron chi connectivity index (χ1n) is 12.1. The van der Waals surface area contributed by atoms with Gasteiger partial charge in [-0.15, -0.1) is 0 Å². The van der Waals surface area contributed by atoms with E-state index in [1.54, 1.807) is 0 Å². The highest BCUT2D eigenvalue weighted by Crippen LogP contribution is 2.28. The summed E-state index contributed by atoms with van der Waals surface area (Å²) in [6, 6.07) is 8.63. The van der Waals surface area contributed by atoms with Crippen LogP contribution >= 0.6 is 0 Å². The predicted octanol–water partition coefficient (Wildman–Crippen LogP) is 4.33. The molecule has 8 nitrogen and oxygen atoms in total. The molecule has 1 aliphatic rings. The summed E-state index contributed by atoms with van der Waals surface area (Å²) in [5, 5.41) is 17.3. The number of aromatic nitrogens is 5. The molecule has 2 N–H and O–H groups in total. The summed E-state index contributed by atoms with van der Waals surface area (Å²) >= 11 is 0. The Balaban J connectivity index is 1.34. The van der Waals surface area contributed by atoms with E-state index in [2.05, 4.69) is 67.9 Å². The second kappa shape index (κ2) is 9.56. The molecule has 1 fully saturated rings. The van der Waals surface area contributed by atoms with E-state index in [9.17, 15) is 0 Å². The molecule has 5 heterocycles. The Labute approximate surface area is 200 Å². The molecule has 1 aliphatic heterocycles. The fraction of sp³-hybridized carbons (Fsp3) is 0.423. The molecule has 0 saturated carbocycles. The first-order valence-corrected chi connectivity index (χ1v) is 12.1. The summed E-state index contributed by atoms with van der Waals surface area (Å²) in [6.07, 6.45) is 10.2. The number of hydrogen-bond acceptors (Lipinski definition) is 6. The van der Waals surface area contributed by atoms with Gasteiger partial charge in [0.15, 0.2) is 0 Å². The van der Waals surface area contributed by atoms with Crippen LogP contribution in [0.3, 0.4) is 0 Å². The summed E-state index contributed by atoms with van der Waals surface area (Å²) in [4.78, 5) is 11.8. The van der Waals surface area contributed by atoms with Crippen LogP contribution in [0.2, 0.25) is 0 Å². The molecule has 0 unspecified atom stereocenters. The van der Waals surface area contributed by atoms with Gasteiger partial charge in [-0.3, -0.25) is 9.67 Å². The van der Waals surface area contributed by atoms with E-state index in [1.807, 2.05) is 31.6 Å². The predicted molar refractivity (Wildman–Crippen MR) is 135 cm³/mol. The van der Waals surface area contributed by atoms with Gasteiger partial charge in [-0.2, -0.15) is 5.10 Å². The Morgan fingerprint density at radius 3 is 2.62 bits per heavy atom. The van der Waals surface area contributed by atoms with Crippen LogP contribution in [-0.4, -0.2) is 60.6 Å². The Morgan fingerprint density at radius 1 is 1.06 bits per heavy atom. The highest BCUT2D eigenvalue weighted by molar-refractivity contribution is 5.81. The zero-order valence-corrected chi connectivity index (χ0v) is 20.1. The van der Waals surface area contributed by atoms with Crippen LogP contribution in [0, 0.1) is 0 Å². The van der Waals surface area contributed by atoms with Gasteiger partial charge in [0.1, 0.15) is 11.6 Å². The van der Waals surface area contributed by atoms with Crippen LogP contribution in [-0.2, 0) is 7.05 Å². The molecule has 4 aromatic rings. The molecule has 0 aromatic carbocycles. The van der Waals surface area contributed by atoms with Crippen molar-refractivity contribution in [3.8, 4) is 11.1 Å². The van der Waals surface area contributed by atoms with Crippen molar-refractivity contribution in [1.82, 2.24) is 29.2 Å². The van der Waals surface area contributed by atoms with Gasteiger partial charge >= 0.3 is 0 Å². The van der Waals surface area contributed by atoms with Crippen molar-refractivity contribution in [2.75, 3.05) is 31.6 Å². The van der Waals surface area contributed by atoms with Crippen molar-refractivity contribution < 1.29 is 5.11 Å². The van der Waals surface area contributed by atoms with Gasteiger partial charge < -0.3 is 19.9 Å². The minimum atomic E-state index is 0.223. The Hall–Kier alpha value is -3.23. The molecule has 8 heteroatoms. The van der Waals surface area contributed by atoms with Crippen molar-refractivity contribution >= 4 is 22.7 Å². The Bertz CT molecular complexity index is 1270. The van der Waals surface area contributed by atoms with Crippen LogP contribution in [0.15, 0.2) is 49.1 Å². The molecule has 34 heavy (non-hydrogen) atoms. The lowest BCUT2D eigenvalue weighted by molar-refractivity contribution is 0.146. The normalized spacial score (nSPS) is 15.4. The Morgan fingerprint density at radius 2 is 1.88 bits per heavy atom. The second-order valence-electron chi connectivity index (χ2n) is 9.51. The number of anilines is 2. The molecule has 0 amide bonds. The van der Waals surface area contributed by atoms with Gasteiger partial charge in [0.05, 0.1) is 29.9 Å². The third kappa shape index (κ3) is 4.69. The standard InChI is InChI=1S/C26H33N7O/c1-18(2)20-13-26(31(3)16-20)30-25-5-4-23-24(29-25)12-19(14-27-23)21-15-28-33(17-21)22-6-8-32(9-7-22)10-11-34/h4-5,12-18,22,34H,6-11H2,1-3H3,(H,29,30). The van der Waals surface area contributed by atoms with Crippen LogP contribution in [0.25, 0.3) is 22.2 Å². The fourth-order valence-corrected chi connectivity index (χ4v) is 4.63. The van der Waals surface area contributed by atoms with Crippen LogP contribution in [0.4, 0.5) is 11.6 Å². The zero-order valence-electron chi connectivity index (χ0n) is 20.1. The third-order valence-corrected chi connectivity index (χ3v) is 6.77. The third-order valence-electron chi connectivity index (χ3n) is 6.77. The zero-order chi connectivity index (χ0) is 23.7. The number of nitrogens with one attached hydrogen (secondary N) is 1. The number of fused-ring (bicyclic) bond motifs is 1. The van der Waals surface area contributed by atoms with E-state index >= 15 is 0 Å². The van der Waals surface area contributed by atoms with E-state index in [-0.39, 0.29) is 6.61 Å². The van der Waals surface area contributed by atoms with E-state index in [4.69, 9.17) is 10.1 Å². The van der Waals surface area contributed by atoms with Gasteiger partial charge in [-0.25, -0.2) is 4.98 Å². The number of aliphatic hydroxyl groups is 1. The summed E-state index contributed by atoms with van der Waals surface area (Å²) in [7, 11) is 2.04. The lowest BCUT2D eigenvalue weighted by atomic mass is 10.1. The summed E-state index contributed by atoms with van der Waals surface area (Å²) in [5.74, 6) is 2.30. The maximum absolute atomic E-state index is 9.15. The van der Waals surface area contributed by atoms with E-state index < -0.39 is 0 Å². The maximum Gasteiger partial charge on any atom is 0.132 e. The first-order chi connectivity index (χ1) is 16.5. The lowest BCUT2D eigenvalue weighted by Gasteiger charge is -2.31. The van der Waals surface area contributed by atoms with Crippen molar-refractivity contribution in [2.45, 2.75) is 38.6 Å². The molecule has 0 atom stereocenters. The number of aliphatic hydroxyl groups excluding tert-OH is 1. The SMILES string of the molecule is CC(C)c1cc(Nc2ccc3ncc(-c4cnn(C5CCN(CCO)CC5)c4)cc3n2)n(C)c1. The smallest absolute Gasteiger partial charge is 0.132 e. The van der Waals surface area contributed by atoms with Crippen LogP contribution in [0.5, 0.6) is 0 Å². The molecule has 4 aromatic heterocycles. The van der Waals surface area contributed by atoms with E-state index in [0.717, 1.165) is 66.3 Å². The van der Waals surface area contributed by atoms with E-state index in [1.165, 1.54) is 5.56 Å². The molecule has 0 spiro atoms. The molecular formula is C26H33N7O. The number of pyridine rings is 2. The van der Waals surface area contributed by atoms with Crippen LogP contribution < -0.4 is 5.32 Å². The Kier molecular flexibility index (Phi) is 6.34. The van der Waals surface area contributed by atoms with Gasteiger partial charge in [-0.05, 0) is 48.6 Å². The van der Waals surface area contributed by atoms with E-state index in [0.29, 0.717) is 12.0 Å². The summed E-state index contributed by atoms with van der Waals surface area (Å²) in [6.45, 7) is 7.37. The summed E-state index contributed by atoms with van der Waals surface area (Å²) in [5.41, 5.74) is 5.09. The van der Waals surface area contributed by atoms with Crippen LogP contribution in [0.1, 0.15) is 44.2 Å². The quantitative estimate of drug-likeness (QED) is 0.428. The lowest BCUT2D eigenvalue weighted by Crippen LogP contribution is -2.36. The van der Waals surface area contributed by atoms with Gasteiger partial charge in [-0.1, -0.05) is 13.8 Å². The van der Waals surface area contributed by atoms with Crippen molar-refractivity contribution in [2.24, 2.45) is 7.05 Å². The van der Waals surface area contributed by atoms with Gasteiger partial charge in [0.2, 0.25) is 0 Å². The number of likely N-dealkylation sites (tertiary alicyclic amines) is 1. The fourth-order valence-electron chi connectivity index (χ4n) is 4.63. The molecule has 0 aliphatic carbocycles. The molecule has 0 bridgehead atoms. The number of aryl methyl sites for hydroxylation is 1. The van der Waals surface area contributed by atoms with Crippen molar-refractivity contribution in [3.05, 3.63) is 54.6 Å². The topological polar surface area (TPSA) is 84.0 Å². The highest BCUT2D eigenvalue weighted by Gasteiger charge is 2.21. The number of β-amino-alcohol motifs (C(OH)–C–C–N with tert-alkyl or cyclic N) is 1. The maximum atomic E-state index is 9.15. The molecule has 178 valence electrons. The van der Waals surface area contributed by atoms with Gasteiger partial charge in [0, 0.05) is 56.4 Å². The monoisotopic (exact) mass is 459 g/mol. The minimum Gasteiger partial charge on any atom is -0.395 e. The molecule has 0 radical (unpaired) electrons. The number of rotatable bonds is 7. The first kappa shape index (κ1) is 22.6. The van der Waals surface area contributed by atoms with Gasteiger partial charge in [0.25, 0.3) is 0 Å². The molecule has 1 saturated heterocycles. The number of piperidine rings is 1. The highest BCUT2D eigenvalue weighted by atomic mass is 16.3. The van der Waals surface area contributed by atoms with Crippen molar-refractivity contribution in [1.29, 1.82) is 0 Å². The number of nitrogens with zero attached hydrogens (tertiary/aromatic N) is 6. The molecular weight excluding hydrogens is 426 g/mol. The summed E-state index contributed by atoms with van der Waals surface area (Å²) < 4.78 is 4.18.